The van der Waals surface area contributed by atoms with Gasteiger partial charge in [-0.25, -0.2) is 0 Å². The van der Waals surface area contributed by atoms with Crippen LogP contribution < -0.4 is 14.8 Å². The van der Waals surface area contributed by atoms with Gasteiger partial charge in [-0.2, -0.15) is 0 Å². The molecule has 2 aromatic carbocycles. The van der Waals surface area contributed by atoms with E-state index in [9.17, 15) is 9.59 Å². The molecule has 0 saturated carbocycles. The van der Waals surface area contributed by atoms with Gasteiger partial charge in [-0.3, -0.25) is 9.59 Å². The first-order chi connectivity index (χ1) is 11.1. The molecule has 23 heavy (non-hydrogen) atoms. The summed E-state index contributed by atoms with van der Waals surface area (Å²) in [4.78, 5) is 23.5. The van der Waals surface area contributed by atoms with Gasteiger partial charge in [0, 0.05) is 29.1 Å². The Labute approximate surface area is 133 Å². The number of benzene rings is 2. The van der Waals surface area contributed by atoms with E-state index in [0.29, 0.717) is 22.6 Å². The van der Waals surface area contributed by atoms with Gasteiger partial charge in [-0.1, -0.05) is 12.1 Å². The van der Waals surface area contributed by atoms with Crippen LogP contribution in [0, 0.1) is 0 Å². The standard InChI is InChI=1S/C18H15NO4/c1-12(20)13-3-2-4-15(9-13)19-8-7-16(21)14-5-6-17-18(10-14)23-11-22-17/h2-10,19H,11H2,1H3. The minimum Gasteiger partial charge on any atom is -0.454 e. The fraction of sp³-hybridized carbons (Fsp3) is 0.111. The van der Waals surface area contributed by atoms with Crippen molar-refractivity contribution in [3.05, 3.63) is 65.9 Å². The number of carbonyl (C=O) groups is 2. The first-order valence-corrected chi connectivity index (χ1v) is 7.11. The maximum Gasteiger partial charge on any atom is 0.231 e. The monoisotopic (exact) mass is 309 g/mol. The van der Waals surface area contributed by atoms with Gasteiger partial charge in [0.2, 0.25) is 6.79 Å². The van der Waals surface area contributed by atoms with Crippen molar-refractivity contribution >= 4 is 17.3 Å². The molecule has 116 valence electrons. The van der Waals surface area contributed by atoms with Crippen LogP contribution in [0.4, 0.5) is 5.69 Å². The lowest BCUT2D eigenvalue weighted by Crippen LogP contribution is -1.97. The van der Waals surface area contributed by atoms with Crippen LogP contribution in [0.1, 0.15) is 27.6 Å². The molecular weight excluding hydrogens is 294 g/mol. The Kier molecular flexibility index (Phi) is 4.10. The molecule has 1 N–H and O–H groups in total. The van der Waals surface area contributed by atoms with Crippen LogP contribution >= 0.6 is 0 Å². The third-order valence-corrected chi connectivity index (χ3v) is 3.41. The van der Waals surface area contributed by atoms with Crippen molar-refractivity contribution in [3.8, 4) is 11.5 Å². The topological polar surface area (TPSA) is 64.6 Å². The SMILES string of the molecule is CC(=O)c1cccc(NC=CC(=O)c2ccc3c(c2)OCO3)c1. The number of Topliss-reactive ketones (excluding diaryl/α,β-unsaturated/α-hetero) is 1. The maximum atomic E-state index is 12.1. The average Bonchev–Trinajstić information content (AvgIpc) is 3.02. The fourth-order valence-electron chi connectivity index (χ4n) is 2.19. The van der Waals surface area contributed by atoms with Gasteiger partial charge in [-0.15, -0.1) is 0 Å². The lowest BCUT2D eigenvalue weighted by Gasteiger charge is -2.03. The molecule has 0 aliphatic carbocycles. The van der Waals surface area contributed by atoms with E-state index in [4.69, 9.17) is 9.47 Å². The second-order valence-electron chi connectivity index (χ2n) is 5.05. The van der Waals surface area contributed by atoms with Crippen LogP contribution in [0.2, 0.25) is 0 Å². The first-order valence-electron chi connectivity index (χ1n) is 7.11. The van der Waals surface area contributed by atoms with E-state index >= 15 is 0 Å². The van der Waals surface area contributed by atoms with Crippen LogP contribution in [0.25, 0.3) is 0 Å². The van der Waals surface area contributed by atoms with Crippen LogP contribution in [0.3, 0.4) is 0 Å². The number of nitrogens with one attached hydrogen (secondary N) is 1. The highest BCUT2D eigenvalue weighted by Gasteiger charge is 2.14. The third-order valence-electron chi connectivity index (χ3n) is 3.41. The van der Waals surface area contributed by atoms with E-state index in [1.807, 2.05) is 6.07 Å². The highest BCUT2D eigenvalue weighted by atomic mass is 16.7. The van der Waals surface area contributed by atoms with Gasteiger partial charge in [-0.05, 0) is 37.3 Å². The minimum atomic E-state index is -0.154. The summed E-state index contributed by atoms with van der Waals surface area (Å²) in [7, 11) is 0. The van der Waals surface area contributed by atoms with Gasteiger partial charge in [0.25, 0.3) is 0 Å². The fourth-order valence-corrected chi connectivity index (χ4v) is 2.19. The van der Waals surface area contributed by atoms with E-state index in [1.165, 1.54) is 13.0 Å². The summed E-state index contributed by atoms with van der Waals surface area (Å²) >= 11 is 0. The van der Waals surface area contributed by atoms with Crippen molar-refractivity contribution in [2.24, 2.45) is 0 Å². The van der Waals surface area contributed by atoms with Crippen molar-refractivity contribution < 1.29 is 19.1 Å². The molecule has 0 saturated heterocycles. The summed E-state index contributed by atoms with van der Waals surface area (Å²) in [6.45, 7) is 1.69. The molecule has 1 heterocycles. The lowest BCUT2D eigenvalue weighted by molar-refractivity contribution is 0.101. The van der Waals surface area contributed by atoms with Crippen LogP contribution in [0.5, 0.6) is 11.5 Å². The molecule has 0 amide bonds. The van der Waals surface area contributed by atoms with E-state index in [2.05, 4.69) is 5.32 Å². The summed E-state index contributed by atoms with van der Waals surface area (Å²) < 4.78 is 10.5. The Morgan fingerprint density at radius 2 is 1.87 bits per heavy atom. The quantitative estimate of drug-likeness (QED) is 0.677. The van der Waals surface area contributed by atoms with Gasteiger partial charge in [0.15, 0.2) is 23.1 Å². The molecule has 2 aromatic rings. The van der Waals surface area contributed by atoms with Gasteiger partial charge >= 0.3 is 0 Å². The Morgan fingerprint density at radius 1 is 1.04 bits per heavy atom. The number of allylic oxidation sites excluding steroid dienone is 1. The zero-order valence-corrected chi connectivity index (χ0v) is 12.5. The number of carbonyl (C=O) groups excluding carboxylic acids is 2. The van der Waals surface area contributed by atoms with E-state index in [0.717, 1.165) is 5.69 Å². The molecule has 0 aromatic heterocycles. The van der Waals surface area contributed by atoms with Crippen LogP contribution in [0.15, 0.2) is 54.7 Å². The molecule has 1 aliphatic heterocycles. The average molecular weight is 309 g/mol. The third kappa shape index (κ3) is 3.40. The van der Waals surface area contributed by atoms with E-state index < -0.39 is 0 Å². The zero-order valence-electron chi connectivity index (χ0n) is 12.5. The molecule has 0 spiro atoms. The molecule has 0 atom stereocenters. The maximum absolute atomic E-state index is 12.1. The van der Waals surface area contributed by atoms with Gasteiger partial charge in [0.05, 0.1) is 0 Å². The molecule has 0 unspecified atom stereocenters. The number of ketones is 2. The van der Waals surface area contributed by atoms with E-state index in [-0.39, 0.29) is 18.4 Å². The molecule has 0 radical (unpaired) electrons. The highest BCUT2D eigenvalue weighted by Crippen LogP contribution is 2.32. The Bertz CT molecular complexity index is 795. The Morgan fingerprint density at radius 3 is 2.70 bits per heavy atom. The van der Waals surface area contributed by atoms with Crippen molar-refractivity contribution in [2.45, 2.75) is 6.92 Å². The van der Waals surface area contributed by atoms with Crippen molar-refractivity contribution in [3.63, 3.8) is 0 Å². The van der Waals surface area contributed by atoms with Crippen molar-refractivity contribution in [1.82, 2.24) is 0 Å². The van der Waals surface area contributed by atoms with Crippen LogP contribution in [-0.4, -0.2) is 18.4 Å². The highest BCUT2D eigenvalue weighted by molar-refractivity contribution is 6.05. The zero-order chi connectivity index (χ0) is 16.2. The Hall–Kier alpha value is -3.08. The summed E-state index contributed by atoms with van der Waals surface area (Å²) in [5.41, 5.74) is 1.88. The number of fused-ring (bicyclic) bond motifs is 1. The number of hydrogen-bond acceptors (Lipinski definition) is 5. The normalized spacial score (nSPS) is 12.4. The molecule has 5 nitrogen and oxygen atoms in total. The van der Waals surface area contributed by atoms with Crippen molar-refractivity contribution in [1.29, 1.82) is 0 Å². The molecule has 3 rings (SSSR count). The minimum absolute atomic E-state index is 0.00549. The summed E-state index contributed by atoms with van der Waals surface area (Å²) in [5, 5.41) is 2.98. The molecule has 5 heteroatoms. The van der Waals surface area contributed by atoms with Crippen LogP contribution in [-0.2, 0) is 0 Å². The second-order valence-corrected chi connectivity index (χ2v) is 5.05. The smallest absolute Gasteiger partial charge is 0.231 e. The van der Waals surface area contributed by atoms with E-state index in [1.54, 1.807) is 42.6 Å². The largest absolute Gasteiger partial charge is 0.454 e. The molecule has 0 fully saturated rings. The predicted octanol–water partition coefficient (Wildman–Crippen LogP) is 3.43. The lowest BCUT2D eigenvalue weighted by atomic mass is 10.1. The Balaban J connectivity index is 1.67. The number of rotatable bonds is 5. The second kappa shape index (κ2) is 6.36. The van der Waals surface area contributed by atoms with Gasteiger partial charge < -0.3 is 14.8 Å². The molecule has 1 aliphatic rings. The number of ether oxygens (including phenoxy) is 2. The predicted molar refractivity (Wildman–Crippen MR) is 86.1 cm³/mol. The summed E-state index contributed by atoms with van der Waals surface area (Å²) in [6, 6.07) is 12.1. The van der Waals surface area contributed by atoms with Crippen molar-refractivity contribution in [2.75, 3.05) is 12.1 Å². The summed E-state index contributed by atoms with van der Waals surface area (Å²) in [5.74, 6) is 1.06. The number of hydrogen-bond donors (Lipinski definition) is 1. The molecular formula is C18H15NO4. The summed E-state index contributed by atoms with van der Waals surface area (Å²) in [6.07, 6.45) is 2.98. The molecule has 0 bridgehead atoms. The first kappa shape index (κ1) is 14.8. The number of anilines is 1. The van der Waals surface area contributed by atoms with Gasteiger partial charge in [0.1, 0.15) is 0 Å².